The van der Waals surface area contributed by atoms with Gasteiger partial charge < -0.3 is 0 Å². The van der Waals surface area contributed by atoms with Gasteiger partial charge in [-0.2, -0.15) is 0 Å². The van der Waals surface area contributed by atoms with E-state index >= 15 is 0 Å². The first kappa shape index (κ1) is 20.3. The molecule has 28 heavy (non-hydrogen) atoms. The van der Waals surface area contributed by atoms with Gasteiger partial charge in [-0.15, -0.1) is 16.6 Å². The van der Waals surface area contributed by atoms with Crippen LogP contribution in [0.1, 0.15) is 25.3 Å². The fraction of sp³-hybridized carbons (Fsp3) is 0.200. The molecule has 3 rings (SSSR count). The van der Waals surface area contributed by atoms with E-state index in [1.807, 2.05) is 44.2 Å². The maximum absolute atomic E-state index is 12.3. The molecule has 0 aliphatic heterocycles. The molecule has 8 heteroatoms. The van der Waals surface area contributed by atoms with Crippen molar-refractivity contribution in [1.29, 1.82) is 0 Å². The van der Waals surface area contributed by atoms with Crippen LogP contribution >= 0.6 is 11.8 Å². The van der Waals surface area contributed by atoms with Gasteiger partial charge in [0.05, 0.1) is 16.2 Å². The highest BCUT2D eigenvalue weighted by molar-refractivity contribution is 8.00. The summed E-state index contributed by atoms with van der Waals surface area (Å²) in [7, 11) is -3.82. The van der Waals surface area contributed by atoms with E-state index in [1.165, 1.54) is 23.9 Å². The van der Waals surface area contributed by atoms with Crippen molar-refractivity contribution in [1.82, 2.24) is 15.2 Å². The molecule has 146 valence electrons. The Hall–Kier alpha value is -2.42. The number of amides is 1. The third-order valence-electron chi connectivity index (χ3n) is 4.14. The lowest BCUT2D eigenvalue weighted by molar-refractivity contribution is -0.119. The van der Waals surface area contributed by atoms with E-state index < -0.39 is 15.9 Å². The second-order valence-electron chi connectivity index (χ2n) is 6.50. The molecule has 2 N–H and O–H groups in total. The summed E-state index contributed by atoms with van der Waals surface area (Å²) in [6, 6.07) is 16.1. The molecule has 0 aliphatic rings. The Kier molecular flexibility index (Phi) is 6.33. The average Bonchev–Trinajstić information content (AvgIpc) is 2.70. The Bertz CT molecular complexity index is 1080. The van der Waals surface area contributed by atoms with Crippen molar-refractivity contribution < 1.29 is 13.2 Å². The van der Waals surface area contributed by atoms with E-state index in [0.29, 0.717) is 5.92 Å². The van der Waals surface area contributed by atoms with Gasteiger partial charge in [0.15, 0.2) is 0 Å². The van der Waals surface area contributed by atoms with Crippen LogP contribution in [-0.4, -0.2) is 25.1 Å². The number of nitrogens with zero attached hydrogens (tertiary/aromatic N) is 1. The molecule has 0 unspecified atom stereocenters. The predicted octanol–water partition coefficient (Wildman–Crippen LogP) is 3.46. The highest BCUT2D eigenvalue weighted by Crippen LogP contribution is 2.25. The fourth-order valence-electron chi connectivity index (χ4n) is 2.59. The highest BCUT2D eigenvalue weighted by Gasteiger charge is 2.15. The zero-order valence-electron chi connectivity index (χ0n) is 15.5. The van der Waals surface area contributed by atoms with Crippen LogP contribution in [0.5, 0.6) is 0 Å². The minimum Gasteiger partial charge on any atom is -0.277 e. The monoisotopic (exact) mass is 415 g/mol. The number of hydrogen-bond acceptors (Lipinski definition) is 5. The molecule has 0 aliphatic carbocycles. The number of pyridine rings is 1. The molecule has 0 spiro atoms. The molecule has 1 amide bonds. The molecule has 2 aromatic carbocycles. The highest BCUT2D eigenvalue weighted by atomic mass is 32.2. The van der Waals surface area contributed by atoms with Crippen LogP contribution in [0.3, 0.4) is 0 Å². The van der Waals surface area contributed by atoms with Gasteiger partial charge in [0.25, 0.3) is 10.0 Å². The van der Waals surface area contributed by atoms with Gasteiger partial charge in [-0.05, 0) is 35.7 Å². The quantitative estimate of drug-likeness (QED) is 0.456. The number of nitrogens with one attached hydrogen (secondary N) is 2. The third kappa shape index (κ3) is 4.89. The number of benzene rings is 2. The van der Waals surface area contributed by atoms with Gasteiger partial charge in [0.1, 0.15) is 0 Å². The number of aromatic nitrogens is 1. The number of thioether (sulfide) groups is 1. The van der Waals surface area contributed by atoms with Gasteiger partial charge in [0.2, 0.25) is 5.91 Å². The van der Waals surface area contributed by atoms with Crippen molar-refractivity contribution in [2.75, 3.05) is 5.75 Å². The summed E-state index contributed by atoms with van der Waals surface area (Å²) in [5.74, 6) is -0.0740. The topological polar surface area (TPSA) is 88.2 Å². The number of carbonyl (C=O) groups excluding carboxylic acids is 1. The van der Waals surface area contributed by atoms with Crippen molar-refractivity contribution in [3.63, 3.8) is 0 Å². The van der Waals surface area contributed by atoms with Gasteiger partial charge in [-0.1, -0.05) is 44.2 Å². The van der Waals surface area contributed by atoms with E-state index in [-0.39, 0.29) is 10.6 Å². The van der Waals surface area contributed by atoms with Crippen LogP contribution in [0.25, 0.3) is 10.9 Å². The lowest BCUT2D eigenvalue weighted by Gasteiger charge is -2.10. The smallest absolute Gasteiger partial charge is 0.257 e. The Labute approximate surface area is 168 Å². The Balaban J connectivity index is 1.59. The van der Waals surface area contributed by atoms with E-state index in [1.54, 1.807) is 18.3 Å². The third-order valence-corrected chi connectivity index (χ3v) is 6.45. The molecule has 0 saturated heterocycles. The van der Waals surface area contributed by atoms with E-state index in [4.69, 9.17) is 0 Å². The molecular formula is C20H21N3O3S2. The largest absolute Gasteiger partial charge is 0.277 e. The van der Waals surface area contributed by atoms with Crippen LogP contribution in [0.2, 0.25) is 0 Å². The summed E-state index contributed by atoms with van der Waals surface area (Å²) in [5.41, 5.74) is 4.12. The number of fused-ring (bicyclic) bond motifs is 1. The zero-order chi connectivity index (χ0) is 20.1. The second-order valence-corrected chi connectivity index (χ2v) is 9.20. The van der Waals surface area contributed by atoms with E-state index in [9.17, 15) is 13.2 Å². The molecule has 1 heterocycles. The normalized spacial score (nSPS) is 11.7. The standard InChI is InChI=1S/C20H21N3O3S2/c1-14(2)15-8-10-17(11-9-15)28(25,26)23-22-19(24)13-27-18-7-3-5-16-6-4-12-21-20(16)18/h3-12,14,23H,13H2,1-2H3,(H,22,24). The van der Waals surface area contributed by atoms with Crippen molar-refractivity contribution in [3.8, 4) is 0 Å². The molecule has 0 radical (unpaired) electrons. The zero-order valence-corrected chi connectivity index (χ0v) is 17.2. The summed E-state index contributed by atoms with van der Waals surface area (Å²) >= 11 is 1.30. The lowest BCUT2D eigenvalue weighted by Crippen LogP contribution is -2.42. The summed E-state index contributed by atoms with van der Waals surface area (Å²) in [6.07, 6.45) is 1.70. The minimum atomic E-state index is -3.82. The van der Waals surface area contributed by atoms with E-state index in [0.717, 1.165) is 21.4 Å². The number of rotatable bonds is 7. The number of hydrazine groups is 1. The maximum atomic E-state index is 12.3. The number of carbonyl (C=O) groups is 1. The Morgan fingerprint density at radius 1 is 1.07 bits per heavy atom. The van der Waals surface area contributed by atoms with Crippen molar-refractivity contribution in [2.45, 2.75) is 29.6 Å². The van der Waals surface area contributed by atoms with Crippen LogP contribution in [0.15, 0.2) is 70.6 Å². The molecule has 0 bridgehead atoms. The number of para-hydroxylation sites is 1. The molecule has 0 fully saturated rings. The average molecular weight is 416 g/mol. The molecule has 3 aromatic rings. The van der Waals surface area contributed by atoms with Crippen molar-refractivity contribution in [2.24, 2.45) is 0 Å². The lowest BCUT2D eigenvalue weighted by atomic mass is 10.0. The SMILES string of the molecule is CC(C)c1ccc(S(=O)(=O)NNC(=O)CSc2cccc3cccnc23)cc1. The Morgan fingerprint density at radius 2 is 1.79 bits per heavy atom. The maximum Gasteiger partial charge on any atom is 0.257 e. The summed E-state index contributed by atoms with van der Waals surface area (Å²) < 4.78 is 24.6. The first-order valence-corrected chi connectivity index (χ1v) is 11.2. The number of sulfonamides is 1. The van der Waals surface area contributed by atoms with Crippen LogP contribution in [0.4, 0.5) is 0 Å². The van der Waals surface area contributed by atoms with Gasteiger partial charge in [-0.25, -0.2) is 8.42 Å². The number of hydrogen-bond donors (Lipinski definition) is 2. The van der Waals surface area contributed by atoms with Gasteiger partial charge >= 0.3 is 0 Å². The first-order valence-electron chi connectivity index (χ1n) is 8.74. The van der Waals surface area contributed by atoms with Crippen LogP contribution < -0.4 is 10.3 Å². The fourth-order valence-corrected chi connectivity index (χ4v) is 4.29. The van der Waals surface area contributed by atoms with Gasteiger partial charge in [0, 0.05) is 16.5 Å². The van der Waals surface area contributed by atoms with Crippen molar-refractivity contribution in [3.05, 3.63) is 66.4 Å². The van der Waals surface area contributed by atoms with Crippen LogP contribution in [0, 0.1) is 0 Å². The first-order chi connectivity index (χ1) is 13.4. The molecule has 6 nitrogen and oxygen atoms in total. The molecular weight excluding hydrogens is 394 g/mol. The minimum absolute atomic E-state index is 0.0600. The Morgan fingerprint density at radius 3 is 2.50 bits per heavy atom. The van der Waals surface area contributed by atoms with Crippen LogP contribution in [-0.2, 0) is 14.8 Å². The summed E-state index contributed by atoms with van der Waals surface area (Å²) in [5, 5.41) is 0.985. The second kappa shape index (κ2) is 8.72. The van der Waals surface area contributed by atoms with Crippen molar-refractivity contribution >= 4 is 38.6 Å². The molecule has 0 saturated carbocycles. The molecule has 0 atom stereocenters. The predicted molar refractivity (Wildman–Crippen MR) is 111 cm³/mol. The van der Waals surface area contributed by atoms with E-state index in [2.05, 4.69) is 15.2 Å². The summed E-state index contributed by atoms with van der Waals surface area (Å²) in [4.78, 5) is 19.5. The van der Waals surface area contributed by atoms with Gasteiger partial charge in [-0.3, -0.25) is 15.2 Å². The molecule has 1 aromatic heterocycles. The summed E-state index contributed by atoms with van der Waals surface area (Å²) in [6.45, 7) is 4.07.